The van der Waals surface area contributed by atoms with Gasteiger partial charge in [0.25, 0.3) is 0 Å². The summed E-state index contributed by atoms with van der Waals surface area (Å²) in [4.78, 5) is 205. The summed E-state index contributed by atoms with van der Waals surface area (Å²) in [5.74, 6) is -8.03. The molecule has 61 heteroatoms. The highest BCUT2D eigenvalue weighted by Crippen LogP contribution is 2.63. The average Bonchev–Trinajstić information content (AvgIpc) is 1.62. The number of carboxylic acids is 2. The second-order valence-electron chi connectivity index (χ2n) is 24.0. The summed E-state index contributed by atoms with van der Waals surface area (Å²) in [5.41, 5.74) is 8.33. The Hall–Kier alpha value is -6.27. The zero-order chi connectivity index (χ0) is 82.9. The molecule has 5 unspecified atom stereocenters. The molecule has 6 heterocycles. The van der Waals surface area contributed by atoms with E-state index in [1.807, 2.05) is 0 Å². The Balaban J connectivity index is 0.000000394. The smallest absolute Gasteiger partial charge is 0.481 e. The van der Waals surface area contributed by atoms with Crippen molar-refractivity contribution in [3.63, 3.8) is 0 Å². The molecule has 53 nitrogen and oxygen atoms in total. The monoisotopic (exact) mass is 1730 g/mol. The van der Waals surface area contributed by atoms with Gasteiger partial charge < -0.3 is 117 Å². The number of aliphatic hydroxyl groups excluding tert-OH is 4. The molecule has 0 radical (unpaired) electrons. The van der Waals surface area contributed by atoms with E-state index < -0.39 is 204 Å². The van der Waals surface area contributed by atoms with Crippen molar-refractivity contribution in [3.8, 4) is 0 Å². The largest absolute Gasteiger partial charge is 0.481 e. The van der Waals surface area contributed by atoms with Crippen molar-refractivity contribution in [2.24, 2.45) is 16.7 Å². The van der Waals surface area contributed by atoms with Crippen molar-refractivity contribution in [1.82, 2.24) is 60.3 Å². The lowest BCUT2D eigenvalue weighted by molar-refractivity contribution is -0.146. The quantitative estimate of drug-likeness (QED) is 0.00863. The van der Waals surface area contributed by atoms with Gasteiger partial charge in [-0.05, 0) is 0 Å². The number of carbonyl (C=O) groups excluding carboxylic acids is 7. The molecule has 618 valence electrons. The number of aromatic nitrogens is 8. The lowest BCUT2D eigenvalue weighted by Gasteiger charge is -2.30. The van der Waals surface area contributed by atoms with E-state index in [1.54, 1.807) is 0 Å². The van der Waals surface area contributed by atoms with Crippen molar-refractivity contribution in [3.05, 3.63) is 25.3 Å². The molecule has 2 aliphatic rings. The predicted octanol–water partition coefficient (Wildman–Crippen LogP) is -4.30. The second-order valence-corrected chi connectivity index (χ2v) is 34.8. The van der Waals surface area contributed by atoms with Crippen molar-refractivity contribution in [2.75, 3.05) is 75.6 Å². The minimum Gasteiger partial charge on any atom is -0.481 e. The molecule has 0 saturated carbocycles. The summed E-state index contributed by atoms with van der Waals surface area (Å²) in [6, 6.07) is 0. The Morgan fingerprint density at radius 3 is 1.30 bits per heavy atom. The summed E-state index contributed by atoms with van der Waals surface area (Å²) < 4.78 is 124. The topological polar surface area (TPSA) is 819 Å². The van der Waals surface area contributed by atoms with Gasteiger partial charge in [0.05, 0.1) is 39.1 Å². The maximum Gasteiger partial charge on any atom is 0.481 e. The number of rotatable bonds is 43. The first-order valence-electron chi connectivity index (χ1n) is 30.8. The van der Waals surface area contributed by atoms with E-state index in [9.17, 15) is 130 Å². The molecule has 4 aromatic heterocycles. The number of thioether (sulfide) groups is 2. The molecule has 0 bridgehead atoms. The molecule has 15 atom stereocenters. The molecule has 110 heavy (non-hydrogen) atoms. The number of hydrogen-bond donors (Lipinski definition) is 20. The first kappa shape index (κ1) is 94.3. The third-order valence-electron chi connectivity index (χ3n) is 14.5. The minimum atomic E-state index is -5.60. The van der Waals surface area contributed by atoms with Crippen LogP contribution in [0.25, 0.3) is 22.3 Å². The van der Waals surface area contributed by atoms with Gasteiger partial charge >= 0.3 is 58.9 Å². The van der Waals surface area contributed by atoms with Crippen molar-refractivity contribution in [1.29, 1.82) is 0 Å². The number of nitrogens with zero attached hydrogens (tertiary/aromatic N) is 8. The highest BCUT2D eigenvalue weighted by atomic mass is 32.2. The van der Waals surface area contributed by atoms with Gasteiger partial charge in [-0.2, -0.15) is 8.62 Å². The zero-order valence-electron chi connectivity index (χ0n) is 57.1. The lowest BCUT2D eigenvalue weighted by Crippen LogP contribution is -2.46. The van der Waals surface area contributed by atoms with Crippen molar-refractivity contribution < 1.29 is 186 Å². The number of phosphoric acid groups is 6. The molecular formula is C49H76N14O39P6S2. The molecule has 4 aromatic rings. The van der Waals surface area contributed by atoms with Crippen LogP contribution in [0, 0.1) is 16.7 Å². The number of carbonyl (C=O) groups is 9. The number of aliphatic hydroxyl groups is 4. The number of fused-ring (bicyclic) bond motifs is 2. The second kappa shape index (κ2) is 40.1. The van der Waals surface area contributed by atoms with Gasteiger partial charge in [0, 0.05) is 61.4 Å². The Labute approximate surface area is 625 Å². The van der Waals surface area contributed by atoms with Gasteiger partial charge in [0.2, 0.25) is 28.7 Å². The van der Waals surface area contributed by atoms with Gasteiger partial charge in [-0.3, -0.25) is 74.6 Å². The molecule has 0 aromatic carbocycles. The van der Waals surface area contributed by atoms with Gasteiger partial charge in [0.15, 0.2) is 46.4 Å². The zero-order valence-corrected chi connectivity index (χ0v) is 64.1. The van der Waals surface area contributed by atoms with Gasteiger partial charge in [-0.1, -0.05) is 51.2 Å². The SMILES string of the molecule is CC(C)(COP(=O)(O)OP(=O)(O)OC[C@H]1O[C@@H](n2cnc3c(N)ncnc32)[C@H](O)[C@@H]1OP(=O)(O)O)[C@@H](O)C(=O)NCCC(=O)NCCSC(=O)C(C=O)C(=O)O.CC(C)(COP(=O)(O)OP(=O)(O)OC[C@H]1O[C@@H](n2cnc3c(N)ncnc32)[C@H](O)[C@@H]1OP(=O)(O)O)[C@@H](O)C(=O)NCCC(=O)NCCSC(=O)CC(=O)O. The molecule has 2 saturated heterocycles. The summed E-state index contributed by atoms with van der Waals surface area (Å²) in [5, 5.41) is 67.9. The number of aliphatic carboxylic acids is 2. The molecule has 0 aliphatic carbocycles. The lowest BCUT2D eigenvalue weighted by atomic mass is 9.87. The number of nitrogen functional groups attached to an aromatic ring is 2. The predicted molar refractivity (Wildman–Crippen MR) is 364 cm³/mol. The van der Waals surface area contributed by atoms with E-state index in [1.165, 1.54) is 27.7 Å². The maximum atomic E-state index is 12.6. The Morgan fingerprint density at radius 1 is 0.573 bits per heavy atom. The molecule has 2 fully saturated rings. The fourth-order valence-electron chi connectivity index (χ4n) is 9.06. The van der Waals surface area contributed by atoms with E-state index in [2.05, 4.69) is 68.8 Å². The first-order chi connectivity index (χ1) is 50.8. The van der Waals surface area contributed by atoms with Crippen LogP contribution in [-0.4, -0.2) is 274 Å². The van der Waals surface area contributed by atoms with E-state index in [0.717, 1.165) is 46.2 Å². The maximum absolute atomic E-state index is 12.6. The number of phosphoric ester groups is 6. The number of carboxylic acid groups (broad SMARTS) is 2. The van der Waals surface area contributed by atoms with Crippen molar-refractivity contribution in [2.45, 2.75) is 108 Å². The van der Waals surface area contributed by atoms with Gasteiger partial charge in [0.1, 0.15) is 85.2 Å². The number of hydrogen-bond acceptors (Lipinski definition) is 39. The molecule has 2 aliphatic heterocycles. The highest BCUT2D eigenvalue weighted by Gasteiger charge is 2.53. The van der Waals surface area contributed by atoms with Crippen molar-refractivity contribution >= 4 is 157 Å². The number of amides is 4. The molecule has 6 rings (SSSR count). The van der Waals surface area contributed by atoms with Crippen LogP contribution in [0.3, 0.4) is 0 Å². The van der Waals surface area contributed by atoms with Crippen LogP contribution in [0.2, 0.25) is 0 Å². The number of ether oxygens (including phenoxy) is 2. The average molecular weight is 1740 g/mol. The molecular weight excluding hydrogens is 1660 g/mol. The van der Waals surface area contributed by atoms with E-state index in [0.29, 0.717) is 11.8 Å². The van der Waals surface area contributed by atoms with Crippen LogP contribution in [0.5, 0.6) is 0 Å². The van der Waals surface area contributed by atoms with Crippen LogP contribution in [0.4, 0.5) is 11.6 Å². The Bertz CT molecular complexity index is 4270. The van der Waals surface area contributed by atoms with Crippen LogP contribution >= 0.6 is 70.5 Å². The summed E-state index contributed by atoms with van der Waals surface area (Å²) >= 11 is 1.24. The minimum absolute atomic E-state index is 0.0110. The van der Waals surface area contributed by atoms with Gasteiger partial charge in [-0.25, -0.2) is 57.3 Å². The summed E-state index contributed by atoms with van der Waals surface area (Å²) in [7, 11) is -32.9. The number of imidazole rings is 2. The van der Waals surface area contributed by atoms with Crippen LogP contribution in [0.15, 0.2) is 25.3 Å². The fourth-order valence-corrected chi connectivity index (χ4v) is 16.1. The number of nitrogens with one attached hydrogen (secondary N) is 4. The Morgan fingerprint density at radius 2 is 0.945 bits per heavy atom. The highest BCUT2D eigenvalue weighted by molar-refractivity contribution is 8.14. The first-order valence-corrected chi connectivity index (χ1v) is 41.8. The van der Waals surface area contributed by atoms with Crippen LogP contribution < -0.4 is 32.7 Å². The molecule has 4 amide bonds. The Kier molecular flexibility index (Phi) is 34.4. The molecule has 22 N–H and O–H groups in total. The summed E-state index contributed by atoms with van der Waals surface area (Å²) in [6.07, 6.45) is -15.1. The normalized spacial score (nSPS) is 22.0. The van der Waals surface area contributed by atoms with Crippen LogP contribution in [0.1, 0.15) is 59.4 Å². The third kappa shape index (κ3) is 29.3. The van der Waals surface area contributed by atoms with Crippen LogP contribution in [-0.2, 0) is 116 Å². The summed E-state index contributed by atoms with van der Waals surface area (Å²) in [6.45, 7) is 0.0236. The number of aldehydes is 1. The molecule has 0 spiro atoms. The van der Waals surface area contributed by atoms with Gasteiger partial charge in [-0.15, -0.1) is 0 Å². The van der Waals surface area contributed by atoms with E-state index in [-0.39, 0.29) is 90.8 Å². The third-order valence-corrected chi connectivity index (χ3v) is 22.5. The van der Waals surface area contributed by atoms with E-state index >= 15 is 0 Å². The number of nitrogens with two attached hydrogens (primary N) is 2. The van der Waals surface area contributed by atoms with E-state index in [4.69, 9.17) is 49.2 Å². The standard InChI is InChI=1S/C25H38N7O20P3S.C24H38N7O19P3S/c1-25(2,18(36)21(37)28-4-3-14(34)27-5-6-56-24(40)12(7-33)23(38)39)9-49-55(46,47)52-54(44,45)48-8-13-17(51-53(41,42)43)16(35)22(50-13)32-11-31-15-19(26)29-10-30-20(15)32;1-24(2,19(37)22(38)27-4-3-13(32)26-5-6-54-15(35)7-14(33)34)9-47-53(44,45)50-52(42,43)46-8-12-18(49-51(39,40)41)17(36)23(48-12)31-11-30-16-20(25)28-10-29-21(16)31/h7,10-13,16-18,22,35-36H,3-6,8-9H2,1-2H3,(H,27,34)(H,28,37)(H,38,39)(H,44,45)(H,46,47)(H2,26,29,30)(H2,41,42,43);10-12,17-19,23,36-37H,3-9H2,1-2H3,(H,26,32)(H,27,38)(H,33,34)(H,42,43)(H,44,45)(H2,25,28,29)(H2,39,40,41)/t12?,13-,16-,17-,18+,22-;12-,17-,18-,19+,23-/m11/s1. The number of anilines is 2. The fraction of sp³-hybridized carbons (Fsp3) is 0.612.